The molecule has 0 unspecified atom stereocenters. The fraction of sp³-hybridized carbons (Fsp3) is 0.231. The Kier molecular flexibility index (Phi) is 3.23. The zero-order valence-corrected chi connectivity index (χ0v) is 9.86. The van der Waals surface area contributed by atoms with E-state index in [9.17, 15) is 4.79 Å². The first kappa shape index (κ1) is 11.4. The number of H-pyrrole nitrogens is 1. The third-order valence-corrected chi connectivity index (χ3v) is 2.58. The molecule has 0 bridgehead atoms. The van der Waals surface area contributed by atoms with Crippen molar-refractivity contribution in [2.75, 3.05) is 7.11 Å². The highest BCUT2D eigenvalue weighted by molar-refractivity contribution is 5.37. The lowest BCUT2D eigenvalue weighted by molar-refractivity contribution is 0.410. The lowest BCUT2D eigenvalue weighted by Gasteiger charge is -2.07. The average Bonchev–Trinajstić information content (AvgIpc) is 2.34. The molecule has 0 aliphatic heterocycles. The van der Waals surface area contributed by atoms with Gasteiger partial charge in [0, 0.05) is 12.0 Å². The molecule has 0 radical (unpaired) electrons. The minimum Gasteiger partial charge on any atom is -0.496 e. The number of hydrogen-bond acceptors (Lipinski definition) is 3. The SMILES string of the molecule is COc1ccccc1Cc1cc(C)n[nH]c1=O. The van der Waals surface area contributed by atoms with Gasteiger partial charge in [-0.25, -0.2) is 5.10 Å². The van der Waals surface area contributed by atoms with Crippen LogP contribution in [0.25, 0.3) is 0 Å². The van der Waals surface area contributed by atoms with Crippen molar-refractivity contribution in [3.8, 4) is 5.75 Å². The Bertz CT molecular complexity index is 576. The van der Waals surface area contributed by atoms with Gasteiger partial charge in [-0.1, -0.05) is 18.2 Å². The topological polar surface area (TPSA) is 55.0 Å². The van der Waals surface area contributed by atoms with Crippen LogP contribution in [0, 0.1) is 6.92 Å². The van der Waals surface area contributed by atoms with Crippen molar-refractivity contribution in [1.29, 1.82) is 0 Å². The number of para-hydroxylation sites is 1. The number of nitrogens with zero attached hydrogens (tertiary/aromatic N) is 1. The summed E-state index contributed by atoms with van der Waals surface area (Å²) in [7, 11) is 1.63. The summed E-state index contributed by atoms with van der Waals surface area (Å²) in [6.45, 7) is 1.85. The van der Waals surface area contributed by atoms with Crippen LogP contribution in [0.4, 0.5) is 0 Å². The van der Waals surface area contributed by atoms with Crippen LogP contribution in [0.5, 0.6) is 5.75 Å². The Labute approximate surface area is 99.3 Å². The fourth-order valence-electron chi connectivity index (χ4n) is 1.75. The summed E-state index contributed by atoms with van der Waals surface area (Å²) in [6.07, 6.45) is 0.544. The van der Waals surface area contributed by atoms with Gasteiger partial charge in [0.05, 0.1) is 12.8 Å². The molecular weight excluding hydrogens is 216 g/mol. The summed E-state index contributed by atoms with van der Waals surface area (Å²) < 4.78 is 5.26. The molecule has 0 aliphatic carbocycles. The van der Waals surface area contributed by atoms with Crippen molar-refractivity contribution in [2.24, 2.45) is 0 Å². The van der Waals surface area contributed by atoms with Gasteiger partial charge < -0.3 is 4.74 Å². The number of ether oxygens (including phenoxy) is 1. The average molecular weight is 230 g/mol. The highest BCUT2D eigenvalue weighted by Crippen LogP contribution is 2.19. The molecule has 1 aromatic heterocycles. The number of nitrogens with one attached hydrogen (secondary N) is 1. The van der Waals surface area contributed by atoms with E-state index < -0.39 is 0 Å². The molecule has 4 heteroatoms. The molecule has 2 rings (SSSR count). The summed E-state index contributed by atoms with van der Waals surface area (Å²) in [6, 6.07) is 9.47. The van der Waals surface area contributed by atoms with Crippen molar-refractivity contribution >= 4 is 0 Å². The van der Waals surface area contributed by atoms with E-state index in [2.05, 4.69) is 10.2 Å². The monoisotopic (exact) mass is 230 g/mol. The molecule has 0 atom stereocenters. The van der Waals surface area contributed by atoms with E-state index in [0.29, 0.717) is 12.0 Å². The van der Waals surface area contributed by atoms with Gasteiger partial charge in [0.1, 0.15) is 5.75 Å². The third-order valence-electron chi connectivity index (χ3n) is 2.58. The van der Waals surface area contributed by atoms with Crippen LogP contribution in [0.2, 0.25) is 0 Å². The van der Waals surface area contributed by atoms with Crippen LogP contribution >= 0.6 is 0 Å². The Hall–Kier alpha value is -2.10. The molecule has 1 aromatic carbocycles. The summed E-state index contributed by atoms with van der Waals surface area (Å²) in [5.41, 5.74) is 2.34. The second kappa shape index (κ2) is 4.82. The van der Waals surface area contributed by atoms with E-state index in [-0.39, 0.29) is 5.56 Å². The van der Waals surface area contributed by atoms with Crippen LogP contribution in [0.15, 0.2) is 35.1 Å². The number of rotatable bonds is 3. The predicted octanol–water partition coefficient (Wildman–Crippen LogP) is 1.68. The molecule has 2 aromatic rings. The van der Waals surface area contributed by atoms with Crippen molar-refractivity contribution in [3.63, 3.8) is 0 Å². The number of aromatic nitrogens is 2. The third kappa shape index (κ3) is 2.53. The predicted molar refractivity (Wildman–Crippen MR) is 65.4 cm³/mol. The van der Waals surface area contributed by atoms with Crippen LogP contribution in [0.3, 0.4) is 0 Å². The van der Waals surface area contributed by atoms with Crippen molar-refractivity contribution in [2.45, 2.75) is 13.3 Å². The molecule has 1 N–H and O–H groups in total. The number of benzene rings is 1. The zero-order chi connectivity index (χ0) is 12.3. The van der Waals surface area contributed by atoms with E-state index in [1.54, 1.807) is 13.2 Å². The van der Waals surface area contributed by atoms with Gasteiger partial charge in [0.25, 0.3) is 5.56 Å². The second-order valence-corrected chi connectivity index (χ2v) is 3.85. The maximum Gasteiger partial charge on any atom is 0.267 e. The van der Waals surface area contributed by atoms with Gasteiger partial charge in [-0.15, -0.1) is 0 Å². The molecule has 0 saturated heterocycles. The second-order valence-electron chi connectivity index (χ2n) is 3.85. The molecule has 0 amide bonds. The normalized spacial score (nSPS) is 10.2. The van der Waals surface area contributed by atoms with Crippen LogP contribution in [0.1, 0.15) is 16.8 Å². The van der Waals surface area contributed by atoms with Crippen molar-refractivity contribution in [1.82, 2.24) is 10.2 Å². The molecule has 0 aliphatic rings. The Morgan fingerprint density at radius 3 is 2.82 bits per heavy atom. The maximum absolute atomic E-state index is 11.6. The minimum absolute atomic E-state index is 0.151. The highest BCUT2D eigenvalue weighted by atomic mass is 16.5. The molecule has 0 fully saturated rings. The Morgan fingerprint density at radius 2 is 2.06 bits per heavy atom. The van der Waals surface area contributed by atoms with Crippen molar-refractivity contribution in [3.05, 3.63) is 57.5 Å². The van der Waals surface area contributed by atoms with Gasteiger partial charge in [-0.05, 0) is 24.6 Å². The summed E-state index contributed by atoms with van der Waals surface area (Å²) in [4.78, 5) is 11.6. The first-order chi connectivity index (χ1) is 8.20. The lowest BCUT2D eigenvalue weighted by atomic mass is 10.1. The molecule has 1 heterocycles. The van der Waals surface area contributed by atoms with Crippen LogP contribution < -0.4 is 10.3 Å². The van der Waals surface area contributed by atoms with Gasteiger partial charge in [0.2, 0.25) is 0 Å². The molecule has 4 nitrogen and oxygen atoms in total. The molecular formula is C13H14N2O2. The number of hydrogen-bond donors (Lipinski definition) is 1. The van der Waals surface area contributed by atoms with E-state index in [1.165, 1.54) is 0 Å². The van der Waals surface area contributed by atoms with E-state index in [0.717, 1.165) is 17.0 Å². The number of methoxy groups -OCH3 is 1. The number of aromatic amines is 1. The van der Waals surface area contributed by atoms with E-state index in [4.69, 9.17) is 4.74 Å². The van der Waals surface area contributed by atoms with E-state index in [1.807, 2.05) is 31.2 Å². The van der Waals surface area contributed by atoms with Crippen molar-refractivity contribution < 1.29 is 4.74 Å². The van der Waals surface area contributed by atoms with E-state index >= 15 is 0 Å². The fourth-order valence-corrected chi connectivity index (χ4v) is 1.75. The van der Waals surface area contributed by atoms with Crippen LogP contribution in [-0.2, 0) is 6.42 Å². The molecule has 0 saturated carbocycles. The summed E-state index contributed by atoms with van der Waals surface area (Å²) in [5, 5.41) is 6.33. The van der Waals surface area contributed by atoms with Gasteiger partial charge in [-0.3, -0.25) is 4.79 Å². The zero-order valence-electron chi connectivity index (χ0n) is 9.86. The van der Waals surface area contributed by atoms with Gasteiger partial charge >= 0.3 is 0 Å². The molecule has 88 valence electrons. The largest absolute Gasteiger partial charge is 0.496 e. The summed E-state index contributed by atoms with van der Waals surface area (Å²) in [5.74, 6) is 0.793. The van der Waals surface area contributed by atoms with Gasteiger partial charge in [0.15, 0.2) is 0 Å². The van der Waals surface area contributed by atoms with Gasteiger partial charge in [-0.2, -0.15) is 5.10 Å². The highest BCUT2D eigenvalue weighted by Gasteiger charge is 2.06. The lowest BCUT2D eigenvalue weighted by Crippen LogP contribution is -2.15. The maximum atomic E-state index is 11.6. The molecule has 0 spiro atoms. The Balaban J connectivity index is 2.37. The Morgan fingerprint density at radius 1 is 1.29 bits per heavy atom. The van der Waals surface area contributed by atoms with Crippen LogP contribution in [-0.4, -0.2) is 17.3 Å². The minimum atomic E-state index is -0.151. The smallest absolute Gasteiger partial charge is 0.267 e. The summed E-state index contributed by atoms with van der Waals surface area (Å²) >= 11 is 0. The first-order valence-corrected chi connectivity index (χ1v) is 5.38. The quantitative estimate of drug-likeness (QED) is 0.872. The standard InChI is InChI=1S/C13H14N2O2/c1-9-7-11(13(16)15-14-9)8-10-5-3-4-6-12(10)17-2/h3-7H,8H2,1-2H3,(H,15,16). The molecule has 17 heavy (non-hydrogen) atoms. The first-order valence-electron chi connectivity index (χ1n) is 5.38. The number of aryl methyl sites for hydroxylation is 1.